The van der Waals surface area contributed by atoms with Crippen molar-refractivity contribution in [1.82, 2.24) is 15.4 Å². The summed E-state index contributed by atoms with van der Waals surface area (Å²) in [6.07, 6.45) is 8.89. The van der Waals surface area contributed by atoms with Gasteiger partial charge in [0, 0.05) is 28.7 Å². The number of thiophene rings is 1. The van der Waals surface area contributed by atoms with Crippen molar-refractivity contribution in [1.29, 1.82) is 0 Å². The minimum atomic E-state index is -3.63. The fourth-order valence-corrected chi connectivity index (χ4v) is 7.17. The lowest BCUT2D eigenvalue weighted by atomic mass is 9.90. The SMILES string of the molecule is CC(C)(N)C(=O)N[C@H](Cc1csc2ccccc12)C(=O)N[C@H](CC1=CSC2C=CC=CC12)NS(C)(=O)=O. The maximum Gasteiger partial charge on any atom is 0.244 e. The van der Waals surface area contributed by atoms with Gasteiger partial charge < -0.3 is 16.4 Å². The number of rotatable bonds is 10. The van der Waals surface area contributed by atoms with Crippen molar-refractivity contribution in [2.24, 2.45) is 11.7 Å². The van der Waals surface area contributed by atoms with Crippen LogP contribution in [0, 0.1) is 5.92 Å². The number of allylic oxidation sites excluding steroid dienone is 3. The first kappa shape index (κ1) is 27.6. The molecule has 198 valence electrons. The number of carbonyl (C=O) groups is 2. The van der Waals surface area contributed by atoms with Crippen LogP contribution in [-0.2, 0) is 26.0 Å². The standard InChI is InChI=1S/C26H32N4O4S3/c1-26(2,27)25(32)28-20(12-16-14-35-21-10-6-4-8-18(16)21)24(31)29-23(30-37(3,33)34)13-17-15-36-22-11-7-5-9-19(17)22/h4-11,14-15,19-20,22-23,30H,12-13,27H2,1-3H3,(H,28,32)(H,29,31)/t19?,20-,22?,23+/m1/s1. The Morgan fingerprint density at radius 1 is 1.11 bits per heavy atom. The highest BCUT2D eigenvalue weighted by atomic mass is 32.2. The number of amides is 2. The van der Waals surface area contributed by atoms with Crippen LogP contribution in [0.5, 0.6) is 0 Å². The van der Waals surface area contributed by atoms with E-state index in [-0.39, 0.29) is 17.6 Å². The number of nitrogens with two attached hydrogens (primary N) is 1. The average Bonchev–Trinajstić information content (AvgIpc) is 3.41. The van der Waals surface area contributed by atoms with Gasteiger partial charge in [0.2, 0.25) is 21.8 Å². The van der Waals surface area contributed by atoms with Gasteiger partial charge in [-0.05, 0) is 41.7 Å². The average molecular weight is 561 g/mol. The minimum absolute atomic E-state index is 0.140. The van der Waals surface area contributed by atoms with Crippen LogP contribution in [0.4, 0.5) is 0 Å². The van der Waals surface area contributed by atoms with Gasteiger partial charge in [0.05, 0.1) is 18.0 Å². The number of thioether (sulfide) groups is 1. The molecular formula is C26H32N4O4S3. The number of benzene rings is 1. The molecule has 4 rings (SSSR count). The zero-order valence-corrected chi connectivity index (χ0v) is 23.4. The number of fused-ring (bicyclic) bond motifs is 2. The molecule has 8 nitrogen and oxygen atoms in total. The molecule has 2 heterocycles. The topological polar surface area (TPSA) is 130 Å². The lowest BCUT2D eigenvalue weighted by molar-refractivity contribution is -0.131. The molecule has 0 fully saturated rings. The second-order valence-corrected chi connectivity index (χ2v) is 13.7. The zero-order chi connectivity index (χ0) is 26.8. The lowest BCUT2D eigenvalue weighted by Gasteiger charge is -2.27. The molecule has 11 heteroatoms. The maximum atomic E-state index is 13.6. The molecule has 2 amide bonds. The summed E-state index contributed by atoms with van der Waals surface area (Å²) in [5.41, 5.74) is 6.75. The largest absolute Gasteiger partial charge is 0.342 e. The molecule has 0 radical (unpaired) electrons. The van der Waals surface area contributed by atoms with Gasteiger partial charge in [-0.1, -0.05) is 48.1 Å². The predicted octanol–water partition coefficient (Wildman–Crippen LogP) is 2.79. The summed E-state index contributed by atoms with van der Waals surface area (Å²) in [7, 11) is -3.63. The number of nitrogens with one attached hydrogen (secondary N) is 3. The highest BCUT2D eigenvalue weighted by Crippen LogP contribution is 2.41. The molecule has 2 aliphatic rings. The Bertz CT molecular complexity index is 1370. The van der Waals surface area contributed by atoms with Crippen molar-refractivity contribution in [3.05, 3.63) is 70.5 Å². The lowest BCUT2D eigenvalue weighted by Crippen LogP contribution is -2.59. The van der Waals surface area contributed by atoms with Gasteiger partial charge in [0.15, 0.2) is 0 Å². The third kappa shape index (κ3) is 7.11. The molecule has 37 heavy (non-hydrogen) atoms. The molecule has 0 saturated heterocycles. The highest BCUT2D eigenvalue weighted by molar-refractivity contribution is 8.03. The van der Waals surface area contributed by atoms with E-state index in [1.165, 1.54) is 0 Å². The van der Waals surface area contributed by atoms with E-state index < -0.39 is 39.6 Å². The number of hydrogen-bond acceptors (Lipinski definition) is 7. The Morgan fingerprint density at radius 2 is 1.84 bits per heavy atom. The van der Waals surface area contributed by atoms with E-state index >= 15 is 0 Å². The van der Waals surface area contributed by atoms with Crippen molar-refractivity contribution in [2.45, 2.75) is 49.7 Å². The van der Waals surface area contributed by atoms with Crippen molar-refractivity contribution < 1.29 is 18.0 Å². The van der Waals surface area contributed by atoms with Gasteiger partial charge in [-0.2, -0.15) is 4.72 Å². The highest BCUT2D eigenvalue weighted by Gasteiger charge is 2.33. The second kappa shape index (κ2) is 11.1. The predicted molar refractivity (Wildman–Crippen MR) is 151 cm³/mol. The third-order valence-electron chi connectivity index (χ3n) is 6.19. The molecule has 0 saturated carbocycles. The Hall–Kier alpha value is -2.44. The molecule has 1 aliphatic heterocycles. The van der Waals surface area contributed by atoms with Crippen LogP contribution in [0.15, 0.2) is 64.9 Å². The quantitative estimate of drug-likeness (QED) is 0.331. The van der Waals surface area contributed by atoms with E-state index in [1.807, 2.05) is 47.2 Å². The maximum absolute atomic E-state index is 13.6. The van der Waals surface area contributed by atoms with Gasteiger partial charge in [0.1, 0.15) is 6.04 Å². The molecule has 0 spiro atoms. The van der Waals surface area contributed by atoms with Crippen molar-refractivity contribution in [2.75, 3.05) is 6.26 Å². The fraction of sp³-hybridized carbons (Fsp3) is 0.385. The van der Waals surface area contributed by atoms with Crippen LogP contribution in [0.25, 0.3) is 10.1 Å². The smallest absolute Gasteiger partial charge is 0.244 e. The molecule has 0 bridgehead atoms. The van der Waals surface area contributed by atoms with Crippen LogP contribution >= 0.6 is 23.1 Å². The van der Waals surface area contributed by atoms with E-state index in [0.717, 1.165) is 27.5 Å². The molecule has 1 aliphatic carbocycles. The first-order valence-corrected chi connectivity index (χ1v) is 15.6. The summed E-state index contributed by atoms with van der Waals surface area (Å²) >= 11 is 3.24. The molecule has 5 N–H and O–H groups in total. The van der Waals surface area contributed by atoms with Gasteiger partial charge in [-0.15, -0.1) is 23.1 Å². The van der Waals surface area contributed by atoms with Crippen molar-refractivity contribution in [3.8, 4) is 0 Å². The molecule has 2 aromatic rings. The Labute approximate surface area is 225 Å². The summed E-state index contributed by atoms with van der Waals surface area (Å²) in [5.74, 6) is -0.825. The van der Waals surface area contributed by atoms with Crippen LogP contribution in [-0.4, -0.2) is 49.5 Å². The third-order valence-corrected chi connectivity index (χ3v) is 9.12. The normalized spacial score (nSPS) is 20.8. The molecule has 1 aromatic heterocycles. The van der Waals surface area contributed by atoms with Crippen LogP contribution < -0.4 is 21.1 Å². The van der Waals surface area contributed by atoms with E-state index in [9.17, 15) is 18.0 Å². The van der Waals surface area contributed by atoms with E-state index in [4.69, 9.17) is 5.73 Å². The monoisotopic (exact) mass is 560 g/mol. The number of carbonyl (C=O) groups excluding carboxylic acids is 2. The van der Waals surface area contributed by atoms with Gasteiger partial charge in [-0.3, -0.25) is 9.59 Å². The number of sulfonamides is 1. The molecule has 2 unspecified atom stereocenters. The summed E-state index contributed by atoms with van der Waals surface area (Å²) in [6, 6.07) is 6.91. The summed E-state index contributed by atoms with van der Waals surface area (Å²) < 4.78 is 28.0. The van der Waals surface area contributed by atoms with E-state index in [1.54, 1.807) is 36.9 Å². The zero-order valence-electron chi connectivity index (χ0n) is 20.9. The minimum Gasteiger partial charge on any atom is -0.342 e. The first-order valence-electron chi connectivity index (χ1n) is 11.9. The van der Waals surface area contributed by atoms with Crippen LogP contribution in [0.2, 0.25) is 0 Å². The fourth-order valence-electron chi connectivity index (χ4n) is 4.33. The van der Waals surface area contributed by atoms with Crippen molar-refractivity contribution in [3.63, 3.8) is 0 Å². The van der Waals surface area contributed by atoms with Crippen LogP contribution in [0.1, 0.15) is 25.8 Å². The Kier molecular flexibility index (Phi) is 8.29. The summed E-state index contributed by atoms with van der Waals surface area (Å²) in [4.78, 5) is 26.3. The Morgan fingerprint density at radius 3 is 2.57 bits per heavy atom. The summed E-state index contributed by atoms with van der Waals surface area (Å²) in [6.45, 7) is 3.14. The van der Waals surface area contributed by atoms with E-state index in [2.05, 4.69) is 27.5 Å². The van der Waals surface area contributed by atoms with Crippen LogP contribution in [0.3, 0.4) is 0 Å². The Balaban J connectivity index is 1.56. The molecule has 4 atom stereocenters. The second-order valence-electron chi connectivity index (χ2n) is 9.95. The van der Waals surface area contributed by atoms with Gasteiger partial charge in [-0.25, -0.2) is 8.42 Å². The van der Waals surface area contributed by atoms with E-state index in [0.29, 0.717) is 6.42 Å². The number of hydrogen-bond donors (Lipinski definition) is 4. The first-order chi connectivity index (χ1) is 17.4. The molecule has 1 aromatic carbocycles. The molecular weight excluding hydrogens is 529 g/mol. The summed E-state index contributed by atoms with van der Waals surface area (Å²) in [5, 5.41) is 10.9. The van der Waals surface area contributed by atoms with Crippen molar-refractivity contribution >= 4 is 55.0 Å². The van der Waals surface area contributed by atoms with Gasteiger partial charge >= 0.3 is 0 Å². The van der Waals surface area contributed by atoms with Gasteiger partial charge in [0.25, 0.3) is 0 Å².